The molecule has 8 heteroatoms. The van der Waals surface area contributed by atoms with Crippen LogP contribution in [0.25, 0.3) is 0 Å². The second-order valence-corrected chi connectivity index (χ2v) is 8.34. The van der Waals surface area contributed by atoms with Gasteiger partial charge in [0.1, 0.15) is 11.1 Å². The Labute approximate surface area is 187 Å². The SMILES string of the molecule is CCc1ccc(C(=O)N(Cl)[N+](Cl)(C(=O)c2ccccc2Cl)C(C)(C)C)cc1.Cl. The second kappa shape index (κ2) is 9.47. The Morgan fingerprint density at radius 3 is 2.04 bits per heavy atom. The van der Waals surface area contributed by atoms with Crippen LogP contribution in [-0.2, 0) is 6.42 Å². The van der Waals surface area contributed by atoms with E-state index in [9.17, 15) is 9.59 Å². The van der Waals surface area contributed by atoms with Crippen molar-refractivity contribution in [2.24, 2.45) is 0 Å². The van der Waals surface area contributed by atoms with Crippen LogP contribution in [-0.4, -0.2) is 26.0 Å². The average Bonchev–Trinajstić information content (AvgIpc) is 2.65. The average molecular weight is 465 g/mol. The predicted molar refractivity (Wildman–Crippen MR) is 117 cm³/mol. The third kappa shape index (κ3) is 4.64. The van der Waals surface area contributed by atoms with Crippen molar-refractivity contribution in [1.29, 1.82) is 0 Å². The highest BCUT2D eigenvalue weighted by atomic mass is 35.5. The molecule has 4 nitrogen and oxygen atoms in total. The van der Waals surface area contributed by atoms with Crippen molar-refractivity contribution in [3.8, 4) is 0 Å². The Bertz CT molecular complexity index is 850. The van der Waals surface area contributed by atoms with Gasteiger partial charge in [-0.05, 0) is 61.1 Å². The molecule has 152 valence electrons. The number of benzene rings is 2. The van der Waals surface area contributed by atoms with E-state index in [1.54, 1.807) is 57.2 Å². The van der Waals surface area contributed by atoms with Crippen molar-refractivity contribution in [1.82, 2.24) is 4.53 Å². The Hall–Kier alpha value is -1.30. The van der Waals surface area contributed by atoms with E-state index in [1.165, 1.54) is 0 Å². The van der Waals surface area contributed by atoms with Crippen LogP contribution in [0.5, 0.6) is 0 Å². The van der Waals surface area contributed by atoms with Crippen LogP contribution >= 0.6 is 47.6 Å². The molecule has 28 heavy (non-hydrogen) atoms. The molecule has 0 aliphatic rings. The Morgan fingerprint density at radius 1 is 1.04 bits per heavy atom. The first kappa shape index (κ1) is 24.7. The van der Waals surface area contributed by atoms with Gasteiger partial charge >= 0.3 is 11.8 Å². The van der Waals surface area contributed by atoms with Crippen LogP contribution in [0.15, 0.2) is 48.5 Å². The fourth-order valence-corrected chi connectivity index (χ4v) is 3.33. The van der Waals surface area contributed by atoms with Gasteiger partial charge < -0.3 is 0 Å². The summed E-state index contributed by atoms with van der Waals surface area (Å²) in [6, 6.07) is 13.5. The molecule has 0 radical (unpaired) electrons. The van der Waals surface area contributed by atoms with E-state index in [0.29, 0.717) is 5.56 Å². The number of carbonyl (C=O) groups excluding carboxylic acids is 2. The smallest absolute Gasteiger partial charge is 0.262 e. The minimum absolute atomic E-state index is 0. The van der Waals surface area contributed by atoms with Gasteiger partial charge in [-0.1, -0.05) is 47.3 Å². The lowest BCUT2D eigenvalue weighted by Gasteiger charge is -2.40. The lowest BCUT2D eigenvalue weighted by molar-refractivity contribution is -0.871. The molecule has 0 N–H and O–H groups in total. The van der Waals surface area contributed by atoms with Gasteiger partial charge in [-0.15, -0.1) is 12.4 Å². The minimum Gasteiger partial charge on any atom is -0.262 e. The van der Waals surface area contributed by atoms with Crippen LogP contribution in [0, 0.1) is 0 Å². The van der Waals surface area contributed by atoms with E-state index in [-0.39, 0.29) is 23.0 Å². The molecule has 0 bridgehead atoms. The Morgan fingerprint density at radius 2 is 1.57 bits per heavy atom. The van der Waals surface area contributed by atoms with Crippen LogP contribution in [0.4, 0.5) is 0 Å². The van der Waals surface area contributed by atoms with E-state index in [0.717, 1.165) is 16.5 Å². The van der Waals surface area contributed by atoms with Crippen LogP contribution < -0.4 is 0 Å². The molecule has 0 heterocycles. The first-order valence-electron chi connectivity index (χ1n) is 8.52. The Kier molecular flexibility index (Phi) is 8.36. The summed E-state index contributed by atoms with van der Waals surface area (Å²) in [4.78, 5) is 26.3. The van der Waals surface area contributed by atoms with Crippen molar-refractivity contribution >= 4 is 59.4 Å². The van der Waals surface area contributed by atoms with Crippen LogP contribution in [0.3, 0.4) is 0 Å². The van der Waals surface area contributed by atoms with Gasteiger partial charge in [0.25, 0.3) is 0 Å². The monoisotopic (exact) mass is 463 g/mol. The number of halogens is 4. The zero-order valence-electron chi connectivity index (χ0n) is 16.1. The molecule has 0 spiro atoms. The molecule has 0 saturated carbocycles. The summed E-state index contributed by atoms with van der Waals surface area (Å²) in [6.45, 7) is 7.18. The van der Waals surface area contributed by atoms with Crippen LogP contribution in [0.2, 0.25) is 5.02 Å². The van der Waals surface area contributed by atoms with Gasteiger partial charge in [0.05, 0.1) is 16.8 Å². The van der Waals surface area contributed by atoms with E-state index < -0.39 is 21.5 Å². The summed E-state index contributed by atoms with van der Waals surface area (Å²) in [7, 11) is 0. The Balaban J connectivity index is 0.00000392. The van der Waals surface area contributed by atoms with E-state index >= 15 is 0 Å². The first-order valence-corrected chi connectivity index (χ1v) is 9.57. The zero-order chi connectivity index (χ0) is 20.4. The lowest BCUT2D eigenvalue weighted by Crippen LogP contribution is -2.64. The summed E-state index contributed by atoms with van der Waals surface area (Å²) >= 11 is 19.3. The van der Waals surface area contributed by atoms with Gasteiger partial charge in [0.15, 0.2) is 0 Å². The first-order chi connectivity index (χ1) is 12.5. The maximum absolute atomic E-state index is 13.3. The number of nitrogens with zero attached hydrogens (tertiary/aromatic N) is 2. The number of hydrogen-bond donors (Lipinski definition) is 0. The summed E-state index contributed by atoms with van der Waals surface area (Å²) < 4.78 is -0.263. The van der Waals surface area contributed by atoms with Crippen molar-refractivity contribution in [2.45, 2.75) is 39.7 Å². The third-order valence-corrected chi connectivity index (χ3v) is 5.88. The molecule has 0 aliphatic carbocycles. The maximum atomic E-state index is 13.3. The van der Waals surface area contributed by atoms with Gasteiger partial charge in [0.2, 0.25) is 11.8 Å². The molecule has 2 aromatic carbocycles. The van der Waals surface area contributed by atoms with E-state index in [2.05, 4.69) is 0 Å². The summed E-state index contributed by atoms with van der Waals surface area (Å²) in [6.07, 6.45) is 0.849. The maximum Gasteiger partial charge on any atom is 0.391 e. The number of aryl methyl sites for hydroxylation is 1. The topological polar surface area (TPSA) is 37.4 Å². The molecule has 1 atom stereocenters. The normalized spacial score (nSPS) is 13.2. The molecule has 0 fully saturated rings. The fraction of sp³-hybridized carbons (Fsp3) is 0.300. The van der Waals surface area contributed by atoms with Gasteiger partial charge in [-0.3, -0.25) is 4.79 Å². The fourth-order valence-electron chi connectivity index (χ4n) is 2.56. The minimum atomic E-state index is -0.993. The standard InChI is InChI=1S/C20H22Cl3N2O2.ClH/c1-5-14-10-12-15(13-11-14)18(26)24(22)25(23,20(2,3)4)19(27)16-8-6-7-9-17(16)21;/h6-13H,5H2,1-4H3;1H/q+1;. The molecule has 2 amide bonds. The number of hydrogen-bond acceptors (Lipinski definition) is 2. The van der Waals surface area contributed by atoms with Gasteiger partial charge in [0, 0.05) is 5.56 Å². The van der Waals surface area contributed by atoms with Gasteiger partial charge in [-0.2, -0.15) is 0 Å². The molecule has 0 saturated heterocycles. The van der Waals surface area contributed by atoms with Crippen molar-refractivity contribution < 1.29 is 13.7 Å². The van der Waals surface area contributed by atoms with Crippen LogP contribution in [0.1, 0.15) is 54.0 Å². The number of quaternary nitrogens is 1. The molecule has 2 rings (SSSR count). The lowest BCUT2D eigenvalue weighted by atomic mass is 10.1. The summed E-state index contributed by atoms with van der Waals surface area (Å²) in [5.41, 5.74) is 0.672. The number of amides is 2. The highest BCUT2D eigenvalue weighted by molar-refractivity contribution is 6.34. The molecule has 1 unspecified atom stereocenters. The summed E-state index contributed by atoms with van der Waals surface area (Å²) in [5.74, 6) is -1.17. The van der Waals surface area contributed by atoms with Crippen molar-refractivity contribution in [3.05, 3.63) is 70.2 Å². The number of rotatable bonds is 3. The van der Waals surface area contributed by atoms with E-state index in [1.807, 2.05) is 19.1 Å². The molecule has 0 aliphatic heterocycles. The van der Waals surface area contributed by atoms with Crippen molar-refractivity contribution in [2.75, 3.05) is 0 Å². The molecule has 2 aromatic rings. The van der Waals surface area contributed by atoms with E-state index in [4.69, 9.17) is 35.2 Å². The zero-order valence-corrected chi connectivity index (χ0v) is 19.2. The number of carbonyl (C=O) groups is 2. The molecular weight excluding hydrogens is 442 g/mol. The molecule has 0 aromatic heterocycles. The van der Waals surface area contributed by atoms with Crippen molar-refractivity contribution in [3.63, 3.8) is 0 Å². The predicted octanol–water partition coefficient (Wildman–Crippen LogP) is 6.44. The van der Waals surface area contributed by atoms with Gasteiger partial charge in [-0.25, -0.2) is 4.79 Å². The summed E-state index contributed by atoms with van der Waals surface area (Å²) in [5, 5.41) is 0.236. The second-order valence-electron chi connectivity index (χ2n) is 7.13. The highest BCUT2D eigenvalue weighted by Crippen LogP contribution is 2.38. The third-order valence-electron chi connectivity index (χ3n) is 4.28. The molecular formula is C20H23Cl4N2O2+. The quantitative estimate of drug-likeness (QED) is 0.386. The largest absolute Gasteiger partial charge is 0.391 e. The highest BCUT2D eigenvalue weighted by Gasteiger charge is 2.56.